The summed E-state index contributed by atoms with van der Waals surface area (Å²) in [5, 5.41) is 12.5. The number of tetrazole rings is 1. The number of nitrogens with one attached hydrogen (secondary N) is 2. The molecule has 0 spiro atoms. The highest BCUT2D eigenvalue weighted by molar-refractivity contribution is 5.99. The fourth-order valence-electron chi connectivity index (χ4n) is 3.06. The lowest BCUT2D eigenvalue weighted by Gasteiger charge is -2.09. The zero-order chi connectivity index (χ0) is 23.0. The van der Waals surface area contributed by atoms with E-state index < -0.39 is 11.8 Å². The SMILES string of the molecule is CCOc1ccc(C(=O)NNC(=O)c2ccc(Cn3nnc(-c4ccccc4)n3)cc2)cc1. The molecule has 0 saturated heterocycles. The van der Waals surface area contributed by atoms with E-state index in [-0.39, 0.29) is 0 Å². The van der Waals surface area contributed by atoms with Gasteiger partial charge in [0.25, 0.3) is 11.8 Å². The molecule has 9 nitrogen and oxygen atoms in total. The fraction of sp³-hybridized carbons (Fsp3) is 0.125. The third kappa shape index (κ3) is 5.59. The standard InChI is InChI=1S/C24H22N6O3/c1-2-33-21-14-12-20(13-15-21)24(32)27-26-23(31)19-10-8-17(9-11-19)16-30-28-22(25-29-30)18-6-4-3-5-7-18/h3-15H,2,16H2,1H3,(H,26,31)(H,27,32). The number of nitrogens with zero attached hydrogens (tertiary/aromatic N) is 4. The van der Waals surface area contributed by atoms with E-state index in [0.29, 0.717) is 35.9 Å². The number of aromatic nitrogens is 4. The van der Waals surface area contributed by atoms with Crippen LogP contribution in [0.15, 0.2) is 78.9 Å². The van der Waals surface area contributed by atoms with Crippen molar-refractivity contribution in [3.05, 3.63) is 95.6 Å². The van der Waals surface area contributed by atoms with Gasteiger partial charge in [-0.25, -0.2) is 0 Å². The molecule has 166 valence electrons. The largest absolute Gasteiger partial charge is 0.494 e. The van der Waals surface area contributed by atoms with Gasteiger partial charge in [0.05, 0.1) is 13.2 Å². The van der Waals surface area contributed by atoms with Gasteiger partial charge in [-0.2, -0.15) is 4.80 Å². The summed E-state index contributed by atoms with van der Waals surface area (Å²) in [6.07, 6.45) is 0. The maximum atomic E-state index is 12.4. The van der Waals surface area contributed by atoms with Gasteiger partial charge in [-0.15, -0.1) is 10.2 Å². The van der Waals surface area contributed by atoms with Gasteiger partial charge < -0.3 is 4.74 Å². The van der Waals surface area contributed by atoms with Gasteiger partial charge in [-0.05, 0) is 54.1 Å². The lowest BCUT2D eigenvalue weighted by molar-refractivity contribution is 0.0846. The molecule has 1 heterocycles. The van der Waals surface area contributed by atoms with Crippen LogP contribution in [-0.4, -0.2) is 38.6 Å². The number of carbonyl (C=O) groups is 2. The van der Waals surface area contributed by atoms with E-state index in [1.165, 1.54) is 4.80 Å². The molecule has 0 saturated carbocycles. The third-order valence-electron chi connectivity index (χ3n) is 4.74. The minimum absolute atomic E-state index is 0.405. The summed E-state index contributed by atoms with van der Waals surface area (Å²) in [5.41, 5.74) is 7.44. The van der Waals surface area contributed by atoms with Crippen molar-refractivity contribution in [3.8, 4) is 17.1 Å². The summed E-state index contributed by atoms with van der Waals surface area (Å²) in [6, 6.07) is 23.2. The summed E-state index contributed by atoms with van der Waals surface area (Å²) in [4.78, 5) is 26.1. The lowest BCUT2D eigenvalue weighted by Crippen LogP contribution is -2.41. The first-order chi connectivity index (χ1) is 16.1. The number of hydrogen-bond acceptors (Lipinski definition) is 6. The van der Waals surface area contributed by atoms with Crippen molar-refractivity contribution in [2.24, 2.45) is 0 Å². The van der Waals surface area contributed by atoms with Gasteiger partial charge in [-0.3, -0.25) is 20.4 Å². The third-order valence-corrected chi connectivity index (χ3v) is 4.74. The van der Waals surface area contributed by atoms with Crippen LogP contribution < -0.4 is 15.6 Å². The van der Waals surface area contributed by atoms with Gasteiger partial charge in [0.2, 0.25) is 5.82 Å². The molecule has 0 aliphatic carbocycles. The first-order valence-corrected chi connectivity index (χ1v) is 10.4. The molecule has 0 unspecified atom stereocenters. The Morgan fingerprint density at radius 2 is 1.45 bits per heavy atom. The van der Waals surface area contributed by atoms with Crippen molar-refractivity contribution in [1.29, 1.82) is 0 Å². The van der Waals surface area contributed by atoms with E-state index in [4.69, 9.17) is 4.74 Å². The van der Waals surface area contributed by atoms with Crippen molar-refractivity contribution in [2.45, 2.75) is 13.5 Å². The van der Waals surface area contributed by atoms with E-state index in [2.05, 4.69) is 26.3 Å². The molecule has 2 amide bonds. The quantitative estimate of drug-likeness (QED) is 0.426. The Morgan fingerprint density at radius 1 is 0.848 bits per heavy atom. The average Bonchev–Trinajstić information content (AvgIpc) is 3.32. The van der Waals surface area contributed by atoms with E-state index in [9.17, 15) is 9.59 Å². The molecule has 33 heavy (non-hydrogen) atoms. The van der Waals surface area contributed by atoms with Crippen molar-refractivity contribution in [3.63, 3.8) is 0 Å². The summed E-state index contributed by atoms with van der Waals surface area (Å²) < 4.78 is 5.35. The molecular formula is C24H22N6O3. The number of benzene rings is 3. The number of rotatable bonds is 7. The molecule has 0 aliphatic rings. The maximum absolute atomic E-state index is 12.4. The van der Waals surface area contributed by atoms with Gasteiger partial charge in [0.15, 0.2) is 0 Å². The molecule has 3 aromatic carbocycles. The van der Waals surface area contributed by atoms with Gasteiger partial charge >= 0.3 is 0 Å². The maximum Gasteiger partial charge on any atom is 0.269 e. The number of hydrogen-bond donors (Lipinski definition) is 2. The fourth-order valence-corrected chi connectivity index (χ4v) is 3.06. The summed E-state index contributed by atoms with van der Waals surface area (Å²) >= 11 is 0. The molecule has 0 radical (unpaired) electrons. The summed E-state index contributed by atoms with van der Waals surface area (Å²) in [6.45, 7) is 2.84. The lowest BCUT2D eigenvalue weighted by atomic mass is 10.1. The van der Waals surface area contributed by atoms with Crippen LogP contribution in [0.5, 0.6) is 5.75 Å². The second-order valence-corrected chi connectivity index (χ2v) is 7.07. The van der Waals surface area contributed by atoms with Crippen LogP contribution in [0.2, 0.25) is 0 Å². The van der Waals surface area contributed by atoms with E-state index in [0.717, 1.165) is 11.1 Å². The Bertz CT molecular complexity index is 1220. The molecule has 4 rings (SSSR count). The van der Waals surface area contributed by atoms with Gasteiger partial charge in [-0.1, -0.05) is 42.5 Å². The number of amides is 2. The number of hydrazine groups is 1. The summed E-state index contributed by atoms with van der Waals surface area (Å²) in [7, 11) is 0. The number of carbonyl (C=O) groups excluding carboxylic acids is 2. The van der Waals surface area contributed by atoms with Crippen LogP contribution in [-0.2, 0) is 6.54 Å². The van der Waals surface area contributed by atoms with Crippen molar-refractivity contribution in [2.75, 3.05) is 6.61 Å². The second kappa shape index (κ2) is 10.2. The molecular weight excluding hydrogens is 420 g/mol. The second-order valence-electron chi connectivity index (χ2n) is 7.07. The highest BCUT2D eigenvalue weighted by atomic mass is 16.5. The van der Waals surface area contributed by atoms with Crippen LogP contribution in [0.3, 0.4) is 0 Å². The Hall–Kier alpha value is -4.53. The predicted molar refractivity (Wildman–Crippen MR) is 121 cm³/mol. The first-order valence-electron chi connectivity index (χ1n) is 10.4. The van der Waals surface area contributed by atoms with Gasteiger partial charge in [0, 0.05) is 16.7 Å². The normalized spacial score (nSPS) is 10.5. The van der Waals surface area contributed by atoms with Crippen LogP contribution in [0.1, 0.15) is 33.2 Å². The monoisotopic (exact) mass is 442 g/mol. The van der Waals surface area contributed by atoms with Crippen molar-refractivity contribution < 1.29 is 14.3 Å². The zero-order valence-electron chi connectivity index (χ0n) is 17.9. The predicted octanol–water partition coefficient (Wildman–Crippen LogP) is 2.86. The first kappa shape index (κ1) is 21.7. The number of ether oxygens (including phenoxy) is 1. The summed E-state index contributed by atoms with van der Waals surface area (Å²) in [5.74, 6) is 0.381. The Morgan fingerprint density at radius 3 is 2.06 bits per heavy atom. The van der Waals surface area contributed by atoms with E-state index >= 15 is 0 Å². The minimum atomic E-state index is -0.425. The minimum Gasteiger partial charge on any atom is -0.494 e. The molecule has 2 N–H and O–H groups in total. The molecule has 1 aromatic heterocycles. The molecule has 0 atom stereocenters. The Kier molecular flexibility index (Phi) is 6.70. The van der Waals surface area contributed by atoms with E-state index in [1.807, 2.05) is 37.3 Å². The van der Waals surface area contributed by atoms with Gasteiger partial charge in [0.1, 0.15) is 5.75 Å². The molecule has 4 aromatic rings. The van der Waals surface area contributed by atoms with Crippen molar-refractivity contribution in [1.82, 2.24) is 31.1 Å². The van der Waals surface area contributed by atoms with Crippen LogP contribution in [0.4, 0.5) is 0 Å². The highest BCUT2D eigenvalue weighted by Gasteiger charge is 2.10. The Labute approximate surface area is 190 Å². The molecule has 0 fully saturated rings. The van der Waals surface area contributed by atoms with Crippen LogP contribution in [0, 0.1) is 0 Å². The molecule has 0 aliphatic heterocycles. The molecule has 0 bridgehead atoms. The highest BCUT2D eigenvalue weighted by Crippen LogP contribution is 2.13. The topological polar surface area (TPSA) is 111 Å². The van der Waals surface area contributed by atoms with E-state index in [1.54, 1.807) is 48.5 Å². The molecule has 9 heteroatoms. The van der Waals surface area contributed by atoms with Crippen LogP contribution >= 0.6 is 0 Å². The average molecular weight is 442 g/mol. The smallest absolute Gasteiger partial charge is 0.269 e. The van der Waals surface area contributed by atoms with Crippen LogP contribution in [0.25, 0.3) is 11.4 Å². The zero-order valence-corrected chi connectivity index (χ0v) is 17.9. The van der Waals surface area contributed by atoms with Crippen molar-refractivity contribution >= 4 is 11.8 Å². The Balaban J connectivity index is 1.31.